The Bertz CT molecular complexity index is 557. The molecule has 0 saturated heterocycles. The Balaban J connectivity index is 0.000000810. The maximum atomic E-state index is 3.48. The smallest absolute Gasteiger partial charge is 0.0519 e. The number of halogens is 1. The fourth-order valence-electron chi connectivity index (χ4n) is 3.19. The molecule has 0 atom stereocenters. The van der Waals surface area contributed by atoms with Crippen LogP contribution in [0.4, 0.5) is 0 Å². The summed E-state index contributed by atoms with van der Waals surface area (Å²) in [7, 11) is 0. The van der Waals surface area contributed by atoms with Gasteiger partial charge in [-0.2, -0.15) is 0 Å². The molecule has 84 valence electrons. The summed E-state index contributed by atoms with van der Waals surface area (Å²) in [6.07, 6.45) is 2.43. The Morgan fingerprint density at radius 2 is 2.12 bits per heavy atom. The molecule has 2 nitrogen and oxygen atoms in total. The van der Waals surface area contributed by atoms with Gasteiger partial charge in [0.2, 0.25) is 0 Å². The van der Waals surface area contributed by atoms with Crippen molar-refractivity contribution in [2.75, 3.05) is 6.54 Å². The van der Waals surface area contributed by atoms with E-state index < -0.39 is 0 Å². The first-order valence-corrected chi connectivity index (χ1v) is 5.78. The molecule has 0 saturated carbocycles. The molecule has 0 radical (unpaired) electrons. The lowest BCUT2D eigenvalue weighted by Crippen LogP contribution is -2.24. The molecular weight excluding hydrogens is 220 g/mol. The highest BCUT2D eigenvalue weighted by Crippen LogP contribution is 2.34. The molecule has 1 aromatic carbocycles. The lowest BCUT2D eigenvalue weighted by Gasteiger charge is -2.15. The first-order valence-electron chi connectivity index (χ1n) is 5.78. The number of benzene rings is 1. The van der Waals surface area contributed by atoms with E-state index in [-0.39, 0.29) is 12.4 Å². The fraction of sp³-hybridized carbons (Fsp3) is 0.385. The first kappa shape index (κ1) is 10.2. The van der Waals surface area contributed by atoms with Gasteiger partial charge < -0.3 is 9.88 Å². The third kappa shape index (κ3) is 1.12. The lowest BCUT2D eigenvalue weighted by molar-refractivity contribution is 0.604. The monoisotopic (exact) mass is 234 g/mol. The quantitative estimate of drug-likeness (QED) is 0.740. The fourth-order valence-corrected chi connectivity index (χ4v) is 3.19. The normalized spacial score (nSPS) is 17.2. The third-order valence-corrected chi connectivity index (χ3v) is 3.83. The van der Waals surface area contributed by atoms with Crippen molar-refractivity contribution in [3.8, 4) is 0 Å². The number of aryl methyl sites for hydroxylation is 2. The predicted molar refractivity (Wildman–Crippen MR) is 68.3 cm³/mol. The van der Waals surface area contributed by atoms with Crippen LogP contribution in [0.3, 0.4) is 0 Å². The Morgan fingerprint density at radius 1 is 1.19 bits per heavy atom. The van der Waals surface area contributed by atoms with Gasteiger partial charge in [0.25, 0.3) is 0 Å². The van der Waals surface area contributed by atoms with E-state index in [1.807, 2.05) is 0 Å². The molecule has 2 aliphatic heterocycles. The number of hydrogen-bond donors (Lipinski definition) is 1. The average Bonchev–Trinajstić information content (AvgIpc) is 2.85. The van der Waals surface area contributed by atoms with Gasteiger partial charge in [0.1, 0.15) is 0 Å². The van der Waals surface area contributed by atoms with E-state index in [9.17, 15) is 0 Å². The highest BCUT2D eigenvalue weighted by molar-refractivity contribution is 5.89. The van der Waals surface area contributed by atoms with Gasteiger partial charge in [-0.25, -0.2) is 0 Å². The van der Waals surface area contributed by atoms with Crippen LogP contribution >= 0.6 is 12.4 Å². The zero-order chi connectivity index (χ0) is 9.83. The van der Waals surface area contributed by atoms with Crippen LogP contribution in [0, 0.1) is 0 Å². The Morgan fingerprint density at radius 3 is 3.06 bits per heavy atom. The SMILES string of the molecule is Cl.c1cc2c3c(c1)c1c(n3CC2)CCNC1. The van der Waals surface area contributed by atoms with E-state index in [0.717, 1.165) is 13.1 Å². The van der Waals surface area contributed by atoms with Crippen LogP contribution in [0.5, 0.6) is 0 Å². The van der Waals surface area contributed by atoms with Crippen molar-refractivity contribution in [1.82, 2.24) is 9.88 Å². The van der Waals surface area contributed by atoms with Crippen LogP contribution in [-0.4, -0.2) is 11.1 Å². The van der Waals surface area contributed by atoms with Gasteiger partial charge in [-0.3, -0.25) is 0 Å². The molecule has 0 aliphatic carbocycles. The van der Waals surface area contributed by atoms with Crippen LogP contribution in [0.1, 0.15) is 16.8 Å². The number of para-hydroxylation sites is 1. The van der Waals surface area contributed by atoms with Crippen molar-refractivity contribution < 1.29 is 0 Å². The molecule has 4 rings (SSSR count). The summed E-state index contributed by atoms with van der Waals surface area (Å²) in [6.45, 7) is 3.39. The van der Waals surface area contributed by atoms with Crippen molar-refractivity contribution >= 4 is 23.3 Å². The van der Waals surface area contributed by atoms with Crippen molar-refractivity contribution in [1.29, 1.82) is 0 Å². The molecule has 0 bridgehead atoms. The molecule has 1 aromatic heterocycles. The van der Waals surface area contributed by atoms with Crippen LogP contribution in [0.2, 0.25) is 0 Å². The van der Waals surface area contributed by atoms with Gasteiger partial charge in [0.15, 0.2) is 0 Å². The van der Waals surface area contributed by atoms with E-state index >= 15 is 0 Å². The van der Waals surface area contributed by atoms with Crippen molar-refractivity contribution in [3.05, 3.63) is 35.0 Å². The van der Waals surface area contributed by atoms with Crippen molar-refractivity contribution in [2.24, 2.45) is 0 Å². The van der Waals surface area contributed by atoms with E-state index in [0.29, 0.717) is 0 Å². The highest BCUT2D eigenvalue weighted by atomic mass is 35.5. The summed E-state index contributed by atoms with van der Waals surface area (Å²) in [6, 6.07) is 6.78. The molecule has 2 aliphatic rings. The van der Waals surface area contributed by atoms with E-state index in [1.54, 1.807) is 16.8 Å². The molecule has 0 amide bonds. The maximum absolute atomic E-state index is 3.48. The topological polar surface area (TPSA) is 17.0 Å². The Hall–Kier alpha value is -0.990. The minimum absolute atomic E-state index is 0. The number of nitrogens with one attached hydrogen (secondary N) is 1. The molecule has 16 heavy (non-hydrogen) atoms. The molecular formula is C13H15ClN2. The van der Waals surface area contributed by atoms with Crippen LogP contribution < -0.4 is 5.32 Å². The Kier molecular flexibility index (Phi) is 2.23. The Labute approximate surface area is 101 Å². The number of fused-ring (bicyclic) bond motifs is 3. The van der Waals surface area contributed by atoms with Gasteiger partial charge in [0, 0.05) is 37.1 Å². The molecule has 3 heteroatoms. The lowest BCUT2D eigenvalue weighted by atomic mass is 10.0. The number of hydrogen-bond acceptors (Lipinski definition) is 1. The summed E-state index contributed by atoms with van der Waals surface area (Å²) >= 11 is 0. The van der Waals surface area contributed by atoms with Gasteiger partial charge in [-0.05, 0) is 17.5 Å². The standard InChI is InChI=1S/C13H14N2.ClH/c1-2-9-5-7-15-12-4-6-14-8-11(12)10(3-1)13(9)15;/h1-3,14H,4-8H2;1H. The zero-order valence-corrected chi connectivity index (χ0v) is 9.94. The van der Waals surface area contributed by atoms with Gasteiger partial charge in [-0.15, -0.1) is 12.4 Å². The van der Waals surface area contributed by atoms with Gasteiger partial charge in [0.05, 0.1) is 5.52 Å². The molecule has 0 unspecified atom stereocenters. The average molecular weight is 235 g/mol. The molecule has 0 fully saturated rings. The second-order valence-corrected chi connectivity index (χ2v) is 4.57. The summed E-state index contributed by atoms with van der Waals surface area (Å²) in [5.74, 6) is 0. The maximum Gasteiger partial charge on any atom is 0.0519 e. The first-order chi connectivity index (χ1) is 7.45. The minimum Gasteiger partial charge on any atom is -0.344 e. The third-order valence-electron chi connectivity index (χ3n) is 3.83. The van der Waals surface area contributed by atoms with Crippen LogP contribution in [0.25, 0.3) is 10.9 Å². The zero-order valence-electron chi connectivity index (χ0n) is 9.12. The highest BCUT2D eigenvalue weighted by Gasteiger charge is 2.24. The predicted octanol–water partition coefficient (Wildman–Crippen LogP) is 2.26. The second kappa shape index (κ2) is 3.51. The number of rotatable bonds is 0. The van der Waals surface area contributed by atoms with Crippen LogP contribution in [0.15, 0.2) is 18.2 Å². The van der Waals surface area contributed by atoms with Crippen LogP contribution in [-0.2, 0) is 25.9 Å². The van der Waals surface area contributed by atoms with Gasteiger partial charge >= 0.3 is 0 Å². The molecule has 1 N–H and O–H groups in total. The van der Waals surface area contributed by atoms with Gasteiger partial charge in [-0.1, -0.05) is 18.2 Å². The van der Waals surface area contributed by atoms with E-state index in [1.165, 1.54) is 30.3 Å². The number of nitrogens with zero attached hydrogens (tertiary/aromatic N) is 1. The summed E-state index contributed by atoms with van der Waals surface area (Å²) in [5.41, 5.74) is 6.21. The van der Waals surface area contributed by atoms with Crippen molar-refractivity contribution in [2.45, 2.75) is 25.9 Å². The number of aromatic nitrogens is 1. The largest absolute Gasteiger partial charge is 0.344 e. The van der Waals surface area contributed by atoms with E-state index in [4.69, 9.17) is 0 Å². The molecule has 2 aromatic rings. The second-order valence-electron chi connectivity index (χ2n) is 4.57. The van der Waals surface area contributed by atoms with E-state index in [2.05, 4.69) is 28.1 Å². The summed E-state index contributed by atoms with van der Waals surface area (Å²) in [5, 5.41) is 4.97. The van der Waals surface area contributed by atoms with Crippen molar-refractivity contribution in [3.63, 3.8) is 0 Å². The summed E-state index contributed by atoms with van der Waals surface area (Å²) < 4.78 is 2.56. The molecule has 0 spiro atoms. The summed E-state index contributed by atoms with van der Waals surface area (Å²) in [4.78, 5) is 0. The molecule has 3 heterocycles. The minimum atomic E-state index is 0.